The molecule has 0 unspecified atom stereocenters. The number of hydrogen-bond donors (Lipinski definition) is 1. The molecule has 0 amide bonds. The summed E-state index contributed by atoms with van der Waals surface area (Å²) in [5.41, 5.74) is 0.832. The quantitative estimate of drug-likeness (QED) is 0.656. The number of benzene rings is 1. The van der Waals surface area contributed by atoms with E-state index in [9.17, 15) is 5.11 Å². The zero-order valence-corrected chi connectivity index (χ0v) is 13.1. The minimum Gasteiger partial charge on any atom is -0.504 e. The monoisotopic (exact) mass is 306 g/mol. The first-order valence-corrected chi connectivity index (χ1v) is 7.90. The molecule has 0 saturated carbocycles. The topological polar surface area (TPSA) is 72.5 Å². The number of phenolic OH excluding ortho intramolecular Hbond substituents is 1. The Bertz CT molecular complexity index is 618. The van der Waals surface area contributed by atoms with Gasteiger partial charge in [-0.05, 0) is 36.9 Å². The molecule has 0 fully saturated rings. The summed E-state index contributed by atoms with van der Waals surface area (Å²) in [5.74, 6) is 1.38. The lowest BCUT2D eigenvalue weighted by atomic mass is 10.2. The molecule has 0 spiro atoms. The van der Waals surface area contributed by atoms with Crippen molar-refractivity contribution in [2.75, 3.05) is 12.9 Å². The van der Waals surface area contributed by atoms with Crippen molar-refractivity contribution in [1.29, 1.82) is 0 Å². The molecule has 1 aromatic heterocycles. The van der Waals surface area contributed by atoms with Crippen LogP contribution >= 0.6 is 11.8 Å². The van der Waals surface area contributed by atoms with Gasteiger partial charge in [-0.2, -0.15) is 9.78 Å². The Morgan fingerprint density at radius 3 is 2.86 bits per heavy atom. The summed E-state index contributed by atoms with van der Waals surface area (Å²) >= 11 is 1.49. The van der Waals surface area contributed by atoms with E-state index in [1.165, 1.54) is 11.8 Å². The molecule has 0 aliphatic rings. The summed E-state index contributed by atoms with van der Waals surface area (Å²) in [6, 6.07) is 5.11. The zero-order valence-electron chi connectivity index (χ0n) is 12.3. The number of aromatic hydroxyl groups is 1. The molecule has 0 atom stereocenters. The SMILES string of the molecule is CCOc1cc(/C=N\n2c(CC)nnc2SC)ccc1O. The Morgan fingerprint density at radius 1 is 1.38 bits per heavy atom. The fourth-order valence-corrected chi connectivity index (χ4v) is 2.21. The van der Waals surface area contributed by atoms with Crippen LogP contribution in [0.4, 0.5) is 0 Å². The highest BCUT2D eigenvalue weighted by molar-refractivity contribution is 7.98. The Balaban J connectivity index is 2.29. The highest BCUT2D eigenvalue weighted by atomic mass is 32.2. The summed E-state index contributed by atoms with van der Waals surface area (Å²) in [5, 5.41) is 23.0. The molecule has 0 bridgehead atoms. The average molecular weight is 306 g/mol. The highest BCUT2D eigenvalue weighted by Gasteiger charge is 2.08. The first-order valence-electron chi connectivity index (χ1n) is 6.68. The Kier molecular flexibility index (Phi) is 5.21. The molecule has 1 N–H and O–H groups in total. The normalized spacial score (nSPS) is 11.2. The van der Waals surface area contributed by atoms with Crippen LogP contribution in [0.15, 0.2) is 28.5 Å². The lowest BCUT2D eigenvalue weighted by Gasteiger charge is -2.06. The molecule has 0 aliphatic carbocycles. The minimum absolute atomic E-state index is 0.123. The van der Waals surface area contributed by atoms with Crippen molar-refractivity contribution >= 4 is 18.0 Å². The van der Waals surface area contributed by atoms with Crippen LogP contribution in [0.3, 0.4) is 0 Å². The van der Waals surface area contributed by atoms with Gasteiger partial charge in [0.25, 0.3) is 0 Å². The molecule has 1 aromatic carbocycles. The highest BCUT2D eigenvalue weighted by Crippen LogP contribution is 2.26. The summed E-state index contributed by atoms with van der Waals surface area (Å²) in [7, 11) is 0. The fourth-order valence-electron chi connectivity index (χ4n) is 1.77. The summed E-state index contributed by atoms with van der Waals surface area (Å²) in [6.07, 6.45) is 4.39. The molecule has 21 heavy (non-hydrogen) atoms. The van der Waals surface area contributed by atoms with Crippen molar-refractivity contribution in [3.05, 3.63) is 29.6 Å². The predicted molar refractivity (Wildman–Crippen MR) is 83.4 cm³/mol. The Labute approximate surface area is 127 Å². The van der Waals surface area contributed by atoms with Gasteiger partial charge in [-0.25, -0.2) is 0 Å². The first-order chi connectivity index (χ1) is 10.2. The Morgan fingerprint density at radius 2 is 2.19 bits per heavy atom. The maximum Gasteiger partial charge on any atom is 0.211 e. The summed E-state index contributed by atoms with van der Waals surface area (Å²) in [6.45, 7) is 4.37. The number of ether oxygens (including phenoxy) is 1. The van der Waals surface area contributed by atoms with Gasteiger partial charge < -0.3 is 9.84 Å². The Hall–Kier alpha value is -2.02. The van der Waals surface area contributed by atoms with Gasteiger partial charge in [-0.3, -0.25) is 0 Å². The van der Waals surface area contributed by atoms with Crippen LogP contribution in [-0.4, -0.2) is 39.1 Å². The largest absolute Gasteiger partial charge is 0.504 e. The molecule has 0 radical (unpaired) electrons. The van der Waals surface area contributed by atoms with E-state index in [0.29, 0.717) is 12.4 Å². The second kappa shape index (κ2) is 7.12. The van der Waals surface area contributed by atoms with Gasteiger partial charge in [0.05, 0.1) is 12.8 Å². The van der Waals surface area contributed by atoms with Gasteiger partial charge in [0.15, 0.2) is 17.3 Å². The van der Waals surface area contributed by atoms with E-state index < -0.39 is 0 Å². The number of hydrogen-bond acceptors (Lipinski definition) is 6. The lowest BCUT2D eigenvalue weighted by molar-refractivity contribution is 0.318. The number of aromatic nitrogens is 3. The predicted octanol–water partition coefficient (Wildman–Crippen LogP) is 2.55. The molecule has 2 rings (SSSR count). The van der Waals surface area contributed by atoms with Gasteiger partial charge in [0.1, 0.15) is 0 Å². The van der Waals surface area contributed by atoms with Gasteiger partial charge in [0, 0.05) is 6.42 Å². The number of thioether (sulfide) groups is 1. The van der Waals surface area contributed by atoms with Crippen LogP contribution in [0.1, 0.15) is 25.2 Å². The molecule has 6 nitrogen and oxygen atoms in total. The second-order valence-electron chi connectivity index (χ2n) is 4.17. The van der Waals surface area contributed by atoms with E-state index in [1.807, 2.05) is 20.1 Å². The third-order valence-electron chi connectivity index (χ3n) is 2.78. The molecule has 0 aliphatic heterocycles. The van der Waals surface area contributed by atoms with E-state index in [-0.39, 0.29) is 5.75 Å². The molecular formula is C14H18N4O2S. The summed E-state index contributed by atoms with van der Waals surface area (Å²) in [4.78, 5) is 0. The van der Waals surface area contributed by atoms with E-state index in [0.717, 1.165) is 23.0 Å². The molecule has 1 heterocycles. The van der Waals surface area contributed by atoms with Crippen LogP contribution in [0.5, 0.6) is 11.5 Å². The molecule has 0 saturated heterocycles. The molecule has 2 aromatic rings. The van der Waals surface area contributed by atoms with Crippen molar-refractivity contribution in [3.63, 3.8) is 0 Å². The fraction of sp³-hybridized carbons (Fsp3) is 0.357. The van der Waals surface area contributed by atoms with Crippen LogP contribution in [0, 0.1) is 0 Å². The zero-order chi connectivity index (χ0) is 15.2. The average Bonchev–Trinajstić information content (AvgIpc) is 2.90. The third-order valence-corrected chi connectivity index (χ3v) is 3.40. The van der Waals surface area contributed by atoms with E-state index >= 15 is 0 Å². The number of nitrogens with zero attached hydrogens (tertiary/aromatic N) is 4. The smallest absolute Gasteiger partial charge is 0.211 e. The number of aryl methyl sites for hydroxylation is 1. The van der Waals surface area contributed by atoms with Crippen LogP contribution in [0.2, 0.25) is 0 Å². The van der Waals surface area contributed by atoms with Crippen molar-refractivity contribution in [3.8, 4) is 11.5 Å². The van der Waals surface area contributed by atoms with E-state index in [1.54, 1.807) is 29.1 Å². The maximum absolute atomic E-state index is 9.68. The standard InChI is InChI=1S/C14H18N4O2S/c1-4-13-16-17-14(21-3)18(13)15-9-10-6-7-11(19)12(8-10)20-5-2/h6-9,19H,4-5H2,1-3H3/b15-9-. The minimum atomic E-state index is 0.123. The third kappa shape index (κ3) is 3.55. The van der Waals surface area contributed by atoms with Crippen LogP contribution in [0.25, 0.3) is 0 Å². The van der Waals surface area contributed by atoms with Crippen molar-refractivity contribution < 1.29 is 9.84 Å². The van der Waals surface area contributed by atoms with Crippen LogP contribution < -0.4 is 4.74 Å². The number of rotatable bonds is 6. The maximum atomic E-state index is 9.68. The molecule has 112 valence electrons. The van der Waals surface area contributed by atoms with Gasteiger partial charge >= 0.3 is 0 Å². The van der Waals surface area contributed by atoms with E-state index in [4.69, 9.17) is 4.74 Å². The van der Waals surface area contributed by atoms with Crippen molar-refractivity contribution in [1.82, 2.24) is 14.9 Å². The van der Waals surface area contributed by atoms with Crippen molar-refractivity contribution in [2.45, 2.75) is 25.4 Å². The first kappa shape index (κ1) is 15.4. The summed E-state index contributed by atoms with van der Waals surface area (Å²) < 4.78 is 7.08. The van der Waals surface area contributed by atoms with Gasteiger partial charge in [-0.1, -0.05) is 18.7 Å². The lowest BCUT2D eigenvalue weighted by Crippen LogP contribution is -1.99. The van der Waals surface area contributed by atoms with Gasteiger partial charge in [-0.15, -0.1) is 10.2 Å². The second-order valence-corrected chi connectivity index (χ2v) is 4.95. The number of phenols is 1. The van der Waals surface area contributed by atoms with E-state index in [2.05, 4.69) is 15.3 Å². The van der Waals surface area contributed by atoms with Gasteiger partial charge in [0.2, 0.25) is 5.16 Å². The van der Waals surface area contributed by atoms with Crippen LogP contribution in [-0.2, 0) is 6.42 Å². The van der Waals surface area contributed by atoms with Crippen molar-refractivity contribution in [2.24, 2.45) is 5.10 Å². The molecular weight excluding hydrogens is 288 g/mol. The molecule has 7 heteroatoms.